The molecule has 116 valence electrons. The molecule has 0 aliphatic heterocycles. The zero-order chi connectivity index (χ0) is 16.1. The number of nitrogens with zero attached hydrogens (tertiary/aromatic N) is 2. The van der Waals surface area contributed by atoms with Crippen molar-refractivity contribution in [1.82, 2.24) is 10.4 Å². The lowest BCUT2D eigenvalue weighted by Gasteiger charge is -2.05. The number of phenolic OH excluding ortho intramolecular Hbond substituents is 1. The second-order valence-electron chi connectivity index (χ2n) is 4.41. The molecular weight excluding hydrogens is 326 g/mol. The number of hydrogen-bond acceptors (Lipinski definition) is 6. The number of hydrazone groups is 1. The lowest BCUT2D eigenvalue weighted by atomic mass is 10.2. The van der Waals surface area contributed by atoms with Crippen LogP contribution in [-0.4, -0.2) is 29.3 Å². The molecule has 0 unspecified atom stereocenters. The standard InChI is InChI=1S/C14H14ClN3O3S/c1-8-7-22-13(17-8)5-12(19)18-16-6-9-3-10(15)14(20)11(4-9)21-2/h3-4,6-7,20H,5H2,1-2H3,(H,18,19)/b16-6+. The minimum Gasteiger partial charge on any atom is -0.503 e. The molecule has 2 rings (SSSR count). The molecule has 0 radical (unpaired) electrons. The van der Waals surface area contributed by atoms with Gasteiger partial charge >= 0.3 is 0 Å². The van der Waals surface area contributed by atoms with Gasteiger partial charge in [-0.1, -0.05) is 11.6 Å². The van der Waals surface area contributed by atoms with Gasteiger partial charge in [-0.25, -0.2) is 10.4 Å². The third-order valence-corrected chi connectivity index (χ3v) is 3.91. The van der Waals surface area contributed by atoms with E-state index in [1.165, 1.54) is 30.7 Å². The maximum atomic E-state index is 11.7. The summed E-state index contributed by atoms with van der Waals surface area (Å²) in [5, 5.41) is 16.2. The Morgan fingerprint density at radius 3 is 3.00 bits per heavy atom. The maximum Gasteiger partial charge on any atom is 0.246 e. The molecular formula is C14H14ClN3O3S. The number of aryl methyl sites for hydroxylation is 1. The van der Waals surface area contributed by atoms with Crippen molar-refractivity contribution in [3.8, 4) is 11.5 Å². The molecule has 0 aliphatic carbocycles. The Balaban J connectivity index is 1.97. The van der Waals surface area contributed by atoms with Crippen molar-refractivity contribution in [2.24, 2.45) is 5.10 Å². The molecule has 1 amide bonds. The van der Waals surface area contributed by atoms with Crippen LogP contribution < -0.4 is 10.2 Å². The summed E-state index contributed by atoms with van der Waals surface area (Å²) in [6.45, 7) is 1.87. The monoisotopic (exact) mass is 339 g/mol. The topological polar surface area (TPSA) is 83.8 Å². The number of aromatic nitrogens is 1. The summed E-state index contributed by atoms with van der Waals surface area (Å²) in [6, 6.07) is 3.07. The quantitative estimate of drug-likeness (QED) is 0.647. The van der Waals surface area contributed by atoms with Crippen LogP contribution in [0.25, 0.3) is 0 Å². The van der Waals surface area contributed by atoms with Crippen LogP contribution in [0.3, 0.4) is 0 Å². The molecule has 0 saturated heterocycles. The summed E-state index contributed by atoms with van der Waals surface area (Å²) >= 11 is 7.29. The summed E-state index contributed by atoms with van der Waals surface area (Å²) in [5.74, 6) is -0.162. The highest BCUT2D eigenvalue weighted by molar-refractivity contribution is 7.09. The molecule has 1 heterocycles. The van der Waals surface area contributed by atoms with Gasteiger partial charge in [0.05, 0.1) is 24.8 Å². The fraction of sp³-hybridized carbons (Fsp3) is 0.214. The lowest BCUT2D eigenvalue weighted by Crippen LogP contribution is -2.19. The second kappa shape index (κ2) is 7.24. The molecule has 1 aromatic heterocycles. The molecule has 1 aromatic carbocycles. The number of benzene rings is 1. The summed E-state index contributed by atoms with van der Waals surface area (Å²) in [5.41, 5.74) is 3.89. The Morgan fingerprint density at radius 1 is 1.59 bits per heavy atom. The first-order chi connectivity index (χ1) is 10.5. The molecule has 0 fully saturated rings. The highest BCUT2D eigenvalue weighted by Gasteiger charge is 2.08. The zero-order valence-corrected chi connectivity index (χ0v) is 13.5. The van der Waals surface area contributed by atoms with Gasteiger partial charge in [0.2, 0.25) is 5.91 Å². The number of amides is 1. The van der Waals surface area contributed by atoms with E-state index in [-0.39, 0.29) is 28.8 Å². The summed E-state index contributed by atoms with van der Waals surface area (Å²) in [7, 11) is 1.42. The molecule has 8 heteroatoms. The molecule has 0 atom stereocenters. The third kappa shape index (κ3) is 4.19. The Hall–Kier alpha value is -2.12. The van der Waals surface area contributed by atoms with Gasteiger partial charge < -0.3 is 9.84 Å². The van der Waals surface area contributed by atoms with Crippen LogP contribution in [0.2, 0.25) is 5.02 Å². The van der Waals surface area contributed by atoms with Crippen LogP contribution in [0, 0.1) is 6.92 Å². The van der Waals surface area contributed by atoms with Crippen molar-refractivity contribution >= 4 is 35.1 Å². The number of carbonyl (C=O) groups excluding carboxylic acids is 1. The number of halogens is 1. The van der Waals surface area contributed by atoms with Gasteiger partial charge in [0.15, 0.2) is 11.5 Å². The smallest absolute Gasteiger partial charge is 0.246 e. The van der Waals surface area contributed by atoms with E-state index in [1.807, 2.05) is 12.3 Å². The highest BCUT2D eigenvalue weighted by atomic mass is 35.5. The minimum absolute atomic E-state index is 0.135. The van der Waals surface area contributed by atoms with Crippen LogP contribution in [0.1, 0.15) is 16.3 Å². The Kier molecular flexibility index (Phi) is 5.35. The zero-order valence-electron chi connectivity index (χ0n) is 12.0. The van der Waals surface area contributed by atoms with Crippen molar-refractivity contribution in [3.63, 3.8) is 0 Å². The van der Waals surface area contributed by atoms with E-state index in [4.69, 9.17) is 16.3 Å². The number of thiazole rings is 1. The number of rotatable bonds is 5. The average Bonchev–Trinajstić information content (AvgIpc) is 2.87. The van der Waals surface area contributed by atoms with E-state index in [0.717, 1.165) is 10.7 Å². The molecule has 0 aliphatic rings. The summed E-state index contributed by atoms with van der Waals surface area (Å²) in [6.07, 6.45) is 1.59. The van der Waals surface area contributed by atoms with Crippen LogP contribution in [-0.2, 0) is 11.2 Å². The first-order valence-electron chi connectivity index (χ1n) is 6.29. The average molecular weight is 340 g/mol. The van der Waals surface area contributed by atoms with Crippen molar-refractivity contribution < 1.29 is 14.6 Å². The van der Waals surface area contributed by atoms with Gasteiger partial charge in [-0.05, 0) is 24.6 Å². The van der Waals surface area contributed by atoms with Gasteiger partial charge in [0.1, 0.15) is 5.01 Å². The van der Waals surface area contributed by atoms with Gasteiger partial charge in [-0.2, -0.15) is 5.10 Å². The van der Waals surface area contributed by atoms with E-state index < -0.39 is 0 Å². The molecule has 0 saturated carbocycles. The molecule has 2 aromatic rings. The van der Waals surface area contributed by atoms with Crippen molar-refractivity contribution in [1.29, 1.82) is 0 Å². The van der Waals surface area contributed by atoms with Crippen LogP contribution in [0.4, 0.5) is 0 Å². The van der Waals surface area contributed by atoms with Gasteiger partial charge in [0.25, 0.3) is 0 Å². The van der Waals surface area contributed by atoms with Crippen molar-refractivity contribution in [3.05, 3.63) is 38.8 Å². The Labute approximate surface area is 136 Å². The SMILES string of the molecule is COc1cc(/C=N/NC(=O)Cc2nc(C)cs2)cc(Cl)c1O. The first kappa shape index (κ1) is 16.3. The number of hydrogen-bond donors (Lipinski definition) is 2. The summed E-state index contributed by atoms with van der Waals surface area (Å²) < 4.78 is 4.98. The number of ether oxygens (including phenoxy) is 1. The van der Waals surface area contributed by atoms with Crippen LogP contribution in [0.15, 0.2) is 22.6 Å². The predicted molar refractivity (Wildman–Crippen MR) is 86.0 cm³/mol. The third-order valence-electron chi connectivity index (χ3n) is 2.65. The van der Waals surface area contributed by atoms with Gasteiger partial charge in [0, 0.05) is 11.1 Å². The molecule has 6 nitrogen and oxygen atoms in total. The fourth-order valence-electron chi connectivity index (χ4n) is 1.66. The Morgan fingerprint density at radius 2 is 2.36 bits per heavy atom. The Bertz CT molecular complexity index is 715. The number of methoxy groups -OCH3 is 1. The molecule has 0 spiro atoms. The van der Waals surface area contributed by atoms with E-state index in [0.29, 0.717) is 5.56 Å². The van der Waals surface area contributed by atoms with E-state index in [9.17, 15) is 9.90 Å². The largest absolute Gasteiger partial charge is 0.503 e. The molecule has 2 N–H and O–H groups in total. The minimum atomic E-state index is -0.262. The number of aromatic hydroxyl groups is 1. The van der Waals surface area contributed by atoms with E-state index in [2.05, 4.69) is 15.5 Å². The normalized spacial score (nSPS) is 10.9. The number of nitrogens with one attached hydrogen (secondary N) is 1. The van der Waals surface area contributed by atoms with E-state index >= 15 is 0 Å². The summed E-state index contributed by atoms with van der Waals surface area (Å²) in [4.78, 5) is 15.9. The van der Waals surface area contributed by atoms with Gasteiger partial charge in [-0.3, -0.25) is 4.79 Å². The van der Waals surface area contributed by atoms with Crippen molar-refractivity contribution in [2.75, 3.05) is 7.11 Å². The van der Waals surface area contributed by atoms with Crippen LogP contribution in [0.5, 0.6) is 11.5 Å². The highest BCUT2D eigenvalue weighted by Crippen LogP contribution is 2.34. The van der Waals surface area contributed by atoms with E-state index in [1.54, 1.807) is 6.07 Å². The number of phenols is 1. The second-order valence-corrected chi connectivity index (χ2v) is 5.76. The lowest BCUT2D eigenvalue weighted by molar-refractivity contribution is -0.120. The van der Waals surface area contributed by atoms with Crippen LogP contribution >= 0.6 is 22.9 Å². The molecule has 22 heavy (non-hydrogen) atoms. The fourth-order valence-corrected chi connectivity index (χ4v) is 2.65. The maximum absolute atomic E-state index is 11.7. The van der Waals surface area contributed by atoms with Crippen molar-refractivity contribution in [2.45, 2.75) is 13.3 Å². The molecule has 0 bridgehead atoms. The van der Waals surface area contributed by atoms with Gasteiger partial charge in [-0.15, -0.1) is 11.3 Å². The first-order valence-corrected chi connectivity index (χ1v) is 7.54. The predicted octanol–water partition coefficient (Wildman–Crippen LogP) is 2.51. The number of carbonyl (C=O) groups is 1.